The maximum Gasteiger partial charge on any atom is 0.299 e. The molecule has 0 bridgehead atoms. The van der Waals surface area contributed by atoms with E-state index in [1.807, 2.05) is 12.1 Å². The summed E-state index contributed by atoms with van der Waals surface area (Å²) >= 11 is 6.18. The Balaban J connectivity index is 1.58. The number of benzene rings is 2. The van der Waals surface area contributed by atoms with Gasteiger partial charge < -0.3 is 9.64 Å². The summed E-state index contributed by atoms with van der Waals surface area (Å²) < 4.78 is 5.76. The maximum absolute atomic E-state index is 12.2. The Morgan fingerprint density at radius 3 is 2.38 bits per heavy atom. The van der Waals surface area contributed by atoms with E-state index in [4.69, 9.17) is 16.3 Å². The number of nitrogens with zero attached hydrogens (tertiary/aromatic N) is 1. The third-order valence-corrected chi connectivity index (χ3v) is 4.76. The lowest BCUT2D eigenvalue weighted by Crippen LogP contribution is -2.31. The minimum absolute atomic E-state index is 0.105. The summed E-state index contributed by atoms with van der Waals surface area (Å²) in [6.07, 6.45) is 0.602. The SMILES string of the molecule is CC(C)(C)c1ccc(OCCCN2C(=O)C(=O)c3cccc(Cl)c32)cc1. The molecule has 0 radical (unpaired) electrons. The van der Waals surface area contributed by atoms with Crippen molar-refractivity contribution in [1.82, 2.24) is 0 Å². The lowest BCUT2D eigenvalue weighted by atomic mass is 9.87. The van der Waals surface area contributed by atoms with Gasteiger partial charge in [-0.25, -0.2) is 0 Å². The van der Waals surface area contributed by atoms with Gasteiger partial charge in [0.2, 0.25) is 0 Å². The molecule has 2 aromatic carbocycles. The smallest absolute Gasteiger partial charge is 0.299 e. The predicted molar refractivity (Wildman–Crippen MR) is 103 cm³/mol. The summed E-state index contributed by atoms with van der Waals surface area (Å²) in [6.45, 7) is 7.34. The highest BCUT2D eigenvalue weighted by Crippen LogP contribution is 2.35. The van der Waals surface area contributed by atoms with Gasteiger partial charge in [-0.15, -0.1) is 0 Å². The largest absolute Gasteiger partial charge is 0.494 e. The molecular formula is C21H22ClNO3. The van der Waals surface area contributed by atoms with Crippen LogP contribution in [0.15, 0.2) is 42.5 Å². The predicted octanol–water partition coefficient (Wildman–Crippen LogP) is 4.64. The van der Waals surface area contributed by atoms with Crippen LogP contribution in [0.5, 0.6) is 5.75 Å². The van der Waals surface area contributed by atoms with E-state index in [1.54, 1.807) is 18.2 Å². The molecule has 0 atom stereocenters. The van der Waals surface area contributed by atoms with Crippen molar-refractivity contribution < 1.29 is 14.3 Å². The van der Waals surface area contributed by atoms with E-state index in [-0.39, 0.29) is 5.41 Å². The Morgan fingerprint density at radius 2 is 1.73 bits per heavy atom. The molecule has 26 heavy (non-hydrogen) atoms. The van der Waals surface area contributed by atoms with Crippen molar-refractivity contribution in [2.24, 2.45) is 0 Å². The molecule has 5 heteroatoms. The normalized spacial score (nSPS) is 13.9. The number of Topliss-reactive ketones (excluding diaryl/α,β-unsaturated/α-hetero) is 1. The van der Waals surface area contributed by atoms with E-state index in [1.165, 1.54) is 10.5 Å². The van der Waals surface area contributed by atoms with Crippen LogP contribution in [0.25, 0.3) is 0 Å². The number of ketones is 1. The maximum atomic E-state index is 12.2. The second-order valence-corrected chi connectivity index (χ2v) is 7.81. The molecule has 0 aliphatic carbocycles. The third-order valence-electron chi connectivity index (χ3n) is 4.46. The van der Waals surface area contributed by atoms with Crippen LogP contribution < -0.4 is 9.64 Å². The average Bonchev–Trinajstić information content (AvgIpc) is 2.84. The molecule has 1 heterocycles. The van der Waals surface area contributed by atoms with E-state index in [9.17, 15) is 9.59 Å². The van der Waals surface area contributed by atoms with Gasteiger partial charge in [-0.2, -0.15) is 0 Å². The summed E-state index contributed by atoms with van der Waals surface area (Å²) in [5.74, 6) is -0.232. The van der Waals surface area contributed by atoms with Crippen LogP contribution in [0.2, 0.25) is 5.02 Å². The van der Waals surface area contributed by atoms with Gasteiger partial charge in [-0.1, -0.05) is 50.6 Å². The molecular weight excluding hydrogens is 350 g/mol. The molecule has 1 aliphatic heterocycles. The third kappa shape index (κ3) is 3.61. The van der Waals surface area contributed by atoms with Crippen LogP contribution >= 0.6 is 11.6 Å². The van der Waals surface area contributed by atoms with Gasteiger partial charge in [0.05, 0.1) is 22.9 Å². The number of ether oxygens (including phenoxy) is 1. The summed E-state index contributed by atoms with van der Waals surface area (Å²) in [7, 11) is 0. The number of halogens is 1. The number of hydrogen-bond acceptors (Lipinski definition) is 3. The highest BCUT2D eigenvalue weighted by Gasteiger charge is 2.36. The lowest BCUT2D eigenvalue weighted by Gasteiger charge is -2.19. The highest BCUT2D eigenvalue weighted by molar-refractivity contribution is 6.54. The number of carbonyl (C=O) groups excluding carboxylic acids is 2. The fourth-order valence-corrected chi connectivity index (χ4v) is 3.27. The molecule has 3 rings (SSSR count). The van der Waals surface area contributed by atoms with Crippen molar-refractivity contribution in [3.8, 4) is 5.75 Å². The molecule has 1 aliphatic rings. The molecule has 0 saturated heterocycles. The Bertz CT molecular complexity index is 837. The van der Waals surface area contributed by atoms with E-state index in [0.29, 0.717) is 35.8 Å². The standard InChI is InChI=1S/C21H22ClNO3/c1-21(2,3)14-8-10-15(11-9-14)26-13-5-12-23-18-16(19(24)20(23)25)6-4-7-17(18)22/h4,6-11H,5,12-13H2,1-3H3. The molecule has 2 aromatic rings. The second kappa shape index (κ2) is 7.12. The zero-order valence-electron chi connectivity index (χ0n) is 15.2. The van der Waals surface area contributed by atoms with Crippen LogP contribution in [0, 0.1) is 0 Å². The number of anilines is 1. The van der Waals surface area contributed by atoms with Crippen LogP contribution in [0.4, 0.5) is 5.69 Å². The highest BCUT2D eigenvalue weighted by atomic mass is 35.5. The first kappa shape index (κ1) is 18.5. The van der Waals surface area contributed by atoms with Crippen LogP contribution in [-0.2, 0) is 10.2 Å². The number of rotatable bonds is 5. The molecule has 0 fully saturated rings. The topological polar surface area (TPSA) is 46.6 Å². The van der Waals surface area contributed by atoms with E-state index >= 15 is 0 Å². The molecule has 1 amide bonds. The summed E-state index contributed by atoms with van der Waals surface area (Å²) in [5, 5.41) is 0.417. The van der Waals surface area contributed by atoms with Gasteiger partial charge in [-0.3, -0.25) is 9.59 Å². The first-order chi connectivity index (χ1) is 12.3. The Labute approximate surface area is 158 Å². The molecule has 4 nitrogen and oxygen atoms in total. The molecule has 136 valence electrons. The fraction of sp³-hybridized carbons (Fsp3) is 0.333. The first-order valence-corrected chi connectivity index (χ1v) is 9.05. The quantitative estimate of drug-likeness (QED) is 0.568. The van der Waals surface area contributed by atoms with Crippen molar-refractivity contribution in [2.45, 2.75) is 32.6 Å². The molecule has 0 aromatic heterocycles. The zero-order valence-corrected chi connectivity index (χ0v) is 16.0. The van der Waals surface area contributed by atoms with Gasteiger partial charge in [0.25, 0.3) is 11.7 Å². The van der Waals surface area contributed by atoms with E-state index in [2.05, 4.69) is 32.9 Å². The molecule has 0 unspecified atom stereocenters. The van der Waals surface area contributed by atoms with Gasteiger partial charge in [0, 0.05) is 6.54 Å². The van der Waals surface area contributed by atoms with E-state index in [0.717, 1.165) is 5.75 Å². The second-order valence-electron chi connectivity index (χ2n) is 7.40. The van der Waals surface area contributed by atoms with Crippen LogP contribution in [0.3, 0.4) is 0 Å². The Hall–Kier alpha value is -2.33. The number of para-hydroxylation sites is 1. The van der Waals surface area contributed by atoms with Gasteiger partial charge in [-0.05, 0) is 41.7 Å². The minimum atomic E-state index is -0.525. The fourth-order valence-electron chi connectivity index (χ4n) is 2.99. The number of carbonyl (C=O) groups is 2. The van der Waals surface area contributed by atoms with Crippen molar-refractivity contribution in [1.29, 1.82) is 0 Å². The zero-order chi connectivity index (χ0) is 18.9. The van der Waals surface area contributed by atoms with Gasteiger partial charge in [0.15, 0.2) is 0 Å². The minimum Gasteiger partial charge on any atom is -0.494 e. The summed E-state index contributed by atoms with van der Waals surface area (Å²) in [6, 6.07) is 13.0. The monoisotopic (exact) mass is 371 g/mol. The first-order valence-electron chi connectivity index (χ1n) is 8.67. The van der Waals surface area contributed by atoms with Crippen molar-refractivity contribution in [2.75, 3.05) is 18.1 Å². The van der Waals surface area contributed by atoms with Crippen LogP contribution in [0.1, 0.15) is 43.1 Å². The van der Waals surface area contributed by atoms with E-state index < -0.39 is 11.7 Å². The molecule has 0 saturated carbocycles. The number of hydrogen-bond donors (Lipinski definition) is 0. The Kier molecular flexibility index (Phi) is 5.05. The van der Waals surface area contributed by atoms with Crippen molar-refractivity contribution in [3.05, 3.63) is 58.6 Å². The molecule has 0 N–H and O–H groups in total. The van der Waals surface area contributed by atoms with Gasteiger partial charge in [0.1, 0.15) is 5.75 Å². The summed E-state index contributed by atoms with van der Waals surface area (Å²) in [4.78, 5) is 25.7. The molecule has 0 spiro atoms. The Morgan fingerprint density at radius 1 is 1.04 bits per heavy atom. The van der Waals surface area contributed by atoms with Crippen molar-refractivity contribution >= 4 is 29.0 Å². The lowest BCUT2D eigenvalue weighted by molar-refractivity contribution is -0.114. The number of fused-ring (bicyclic) bond motifs is 1. The van der Waals surface area contributed by atoms with Gasteiger partial charge >= 0.3 is 0 Å². The van der Waals surface area contributed by atoms with Crippen molar-refractivity contribution in [3.63, 3.8) is 0 Å². The summed E-state index contributed by atoms with van der Waals surface area (Å²) in [5.41, 5.74) is 2.24. The average molecular weight is 372 g/mol. The van der Waals surface area contributed by atoms with Crippen LogP contribution in [-0.4, -0.2) is 24.8 Å². The number of amides is 1.